The molecule has 0 unspecified atom stereocenters. The fraction of sp³-hybridized carbons (Fsp3) is 0.500. The first-order valence-electron chi connectivity index (χ1n) is 6.44. The fourth-order valence-corrected chi connectivity index (χ4v) is 1.77. The SMILES string of the molecule is CCN(CC)c1ccc(NC(=O)C(C)C)cc1N. The van der Waals surface area contributed by atoms with E-state index in [0.29, 0.717) is 5.69 Å². The van der Waals surface area contributed by atoms with E-state index in [1.54, 1.807) is 0 Å². The number of carbonyl (C=O) groups is 1. The summed E-state index contributed by atoms with van der Waals surface area (Å²) in [5.41, 5.74) is 8.50. The Kier molecular flexibility index (Phi) is 5.01. The standard InChI is InChI=1S/C14H23N3O/c1-5-17(6-2)13-8-7-11(9-12(13)15)16-14(18)10(3)4/h7-10H,5-6,15H2,1-4H3,(H,16,18). The highest BCUT2D eigenvalue weighted by Gasteiger charge is 2.10. The first-order valence-corrected chi connectivity index (χ1v) is 6.44. The summed E-state index contributed by atoms with van der Waals surface area (Å²) in [7, 11) is 0. The van der Waals surface area contributed by atoms with Crippen molar-refractivity contribution < 1.29 is 4.79 Å². The van der Waals surface area contributed by atoms with E-state index in [2.05, 4.69) is 24.1 Å². The Morgan fingerprint density at radius 3 is 2.39 bits per heavy atom. The van der Waals surface area contributed by atoms with Gasteiger partial charge in [-0.1, -0.05) is 13.8 Å². The van der Waals surface area contributed by atoms with Gasteiger partial charge >= 0.3 is 0 Å². The van der Waals surface area contributed by atoms with Crippen LogP contribution in [-0.4, -0.2) is 19.0 Å². The van der Waals surface area contributed by atoms with Gasteiger partial charge in [0.25, 0.3) is 0 Å². The summed E-state index contributed by atoms with van der Waals surface area (Å²) >= 11 is 0. The van der Waals surface area contributed by atoms with E-state index in [1.165, 1.54) is 0 Å². The highest BCUT2D eigenvalue weighted by molar-refractivity contribution is 5.93. The van der Waals surface area contributed by atoms with Gasteiger partial charge in [-0.2, -0.15) is 0 Å². The second-order valence-electron chi connectivity index (χ2n) is 4.59. The maximum absolute atomic E-state index is 11.6. The smallest absolute Gasteiger partial charge is 0.226 e. The molecule has 1 aromatic rings. The Morgan fingerprint density at radius 2 is 1.94 bits per heavy atom. The van der Waals surface area contributed by atoms with Crippen molar-refractivity contribution in [2.24, 2.45) is 5.92 Å². The molecule has 0 aromatic heterocycles. The number of carbonyl (C=O) groups excluding carboxylic acids is 1. The highest BCUT2D eigenvalue weighted by Crippen LogP contribution is 2.26. The third-order valence-corrected chi connectivity index (χ3v) is 2.92. The van der Waals surface area contributed by atoms with Crippen LogP contribution in [0.1, 0.15) is 27.7 Å². The number of amides is 1. The van der Waals surface area contributed by atoms with Crippen molar-refractivity contribution >= 4 is 23.0 Å². The number of nitrogen functional groups attached to an aromatic ring is 1. The third kappa shape index (κ3) is 3.39. The number of rotatable bonds is 5. The van der Waals surface area contributed by atoms with Crippen molar-refractivity contribution in [3.63, 3.8) is 0 Å². The second kappa shape index (κ2) is 6.28. The van der Waals surface area contributed by atoms with Crippen molar-refractivity contribution in [3.05, 3.63) is 18.2 Å². The zero-order chi connectivity index (χ0) is 13.7. The molecule has 4 nitrogen and oxygen atoms in total. The van der Waals surface area contributed by atoms with Crippen LogP contribution in [0, 0.1) is 5.92 Å². The summed E-state index contributed by atoms with van der Waals surface area (Å²) in [4.78, 5) is 13.8. The van der Waals surface area contributed by atoms with Gasteiger partial charge in [0.2, 0.25) is 5.91 Å². The maximum atomic E-state index is 11.6. The van der Waals surface area contributed by atoms with Gasteiger partial charge in [0, 0.05) is 24.7 Å². The summed E-state index contributed by atoms with van der Waals surface area (Å²) in [6.07, 6.45) is 0. The minimum Gasteiger partial charge on any atom is -0.397 e. The molecule has 0 saturated heterocycles. The van der Waals surface area contributed by atoms with Crippen LogP contribution < -0.4 is 16.0 Å². The summed E-state index contributed by atoms with van der Waals surface area (Å²) in [6.45, 7) is 9.75. The summed E-state index contributed by atoms with van der Waals surface area (Å²) in [6, 6.07) is 5.66. The molecule has 4 heteroatoms. The van der Waals surface area contributed by atoms with Gasteiger partial charge in [-0.05, 0) is 32.0 Å². The summed E-state index contributed by atoms with van der Waals surface area (Å²) in [5, 5.41) is 2.85. The van der Waals surface area contributed by atoms with Crippen molar-refractivity contribution in [2.45, 2.75) is 27.7 Å². The van der Waals surface area contributed by atoms with E-state index in [1.807, 2.05) is 32.0 Å². The number of nitrogens with one attached hydrogen (secondary N) is 1. The molecular weight excluding hydrogens is 226 g/mol. The van der Waals surface area contributed by atoms with Crippen LogP contribution in [-0.2, 0) is 4.79 Å². The number of nitrogens with two attached hydrogens (primary N) is 1. The Morgan fingerprint density at radius 1 is 1.33 bits per heavy atom. The molecule has 1 aromatic carbocycles. The zero-order valence-corrected chi connectivity index (χ0v) is 11.7. The Balaban J connectivity index is 2.88. The van der Waals surface area contributed by atoms with Crippen LogP contribution >= 0.6 is 0 Å². The first kappa shape index (κ1) is 14.4. The lowest BCUT2D eigenvalue weighted by Crippen LogP contribution is -2.23. The lowest BCUT2D eigenvalue weighted by atomic mass is 10.2. The van der Waals surface area contributed by atoms with Crippen LogP contribution in [0.2, 0.25) is 0 Å². The number of benzene rings is 1. The van der Waals surface area contributed by atoms with E-state index in [4.69, 9.17) is 5.73 Å². The van der Waals surface area contributed by atoms with Crippen molar-refractivity contribution in [1.29, 1.82) is 0 Å². The lowest BCUT2D eigenvalue weighted by molar-refractivity contribution is -0.118. The summed E-state index contributed by atoms with van der Waals surface area (Å²) < 4.78 is 0. The molecule has 0 heterocycles. The van der Waals surface area contributed by atoms with E-state index in [9.17, 15) is 4.79 Å². The van der Waals surface area contributed by atoms with Gasteiger partial charge in [0.05, 0.1) is 11.4 Å². The quantitative estimate of drug-likeness (QED) is 0.789. The average Bonchev–Trinajstić information content (AvgIpc) is 2.33. The zero-order valence-electron chi connectivity index (χ0n) is 11.7. The van der Waals surface area contributed by atoms with Crippen LogP contribution in [0.25, 0.3) is 0 Å². The molecule has 0 bridgehead atoms. The monoisotopic (exact) mass is 249 g/mol. The molecule has 0 saturated carbocycles. The molecule has 1 rings (SSSR count). The average molecular weight is 249 g/mol. The van der Waals surface area contributed by atoms with Crippen molar-refractivity contribution in [1.82, 2.24) is 0 Å². The highest BCUT2D eigenvalue weighted by atomic mass is 16.1. The largest absolute Gasteiger partial charge is 0.397 e. The molecule has 3 N–H and O–H groups in total. The van der Waals surface area contributed by atoms with Crippen LogP contribution in [0.3, 0.4) is 0 Å². The van der Waals surface area contributed by atoms with Gasteiger partial charge < -0.3 is 16.0 Å². The normalized spacial score (nSPS) is 10.5. The molecule has 0 radical (unpaired) electrons. The molecular formula is C14H23N3O. The summed E-state index contributed by atoms with van der Waals surface area (Å²) in [5.74, 6) is -0.0290. The Bertz CT molecular complexity index is 412. The number of nitrogens with zero attached hydrogens (tertiary/aromatic N) is 1. The van der Waals surface area contributed by atoms with E-state index in [-0.39, 0.29) is 11.8 Å². The molecule has 18 heavy (non-hydrogen) atoms. The molecule has 0 aliphatic rings. The molecule has 0 aliphatic heterocycles. The van der Waals surface area contributed by atoms with E-state index >= 15 is 0 Å². The van der Waals surface area contributed by atoms with Crippen LogP contribution in [0.4, 0.5) is 17.1 Å². The molecule has 1 amide bonds. The van der Waals surface area contributed by atoms with Crippen LogP contribution in [0.15, 0.2) is 18.2 Å². The number of hydrogen-bond donors (Lipinski definition) is 2. The minimum atomic E-state index is -0.0336. The van der Waals surface area contributed by atoms with Gasteiger partial charge in [-0.3, -0.25) is 4.79 Å². The molecule has 0 aliphatic carbocycles. The Labute approximate surface area is 109 Å². The lowest BCUT2D eigenvalue weighted by Gasteiger charge is -2.23. The predicted octanol–water partition coefficient (Wildman–Crippen LogP) is 2.71. The molecule has 0 atom stereocenters. The predicted molar refractivity (Wildman–Crippen MR) is 77.9 cm³/mol. The van der Waals surface area contributed by atoms with Gasteiger partial charge in [0.1, 0.15) is 0 Å². The van der Waals surface area contributed by atoms with Gasteiger partial charge in [-0.15, -0.1) is 0 Å². The third-order valence-electron chi connectivity index (χ3n) is 2.92. The topological polar surface area (TPSA) is 58.4 Å². The number of hydrogen-bond acceptors (Lipinski definition) is 3. The van der Waals surface area contributed by atoms with Gasteiger partial charge in [0.15, 0.2) is 0 Å². The second-order valence-corrected chi connectivity index (χ2v) is 4.59. The molecule has 0 spiro atoms. The van der Waals surface area contributed by atoms with Crippen LogP contribution in [0.5, 0.6) is 0 Å². The van der Waals surface area contributed by atoms with Gasteiger partial charge in [-0.25, -0.2) is 0 Å². The van der Waals surface area contributed by atoms with E-state index in [0.717, 1.165) is 24.5 Å². The Hall–Kier alpha value is -1.71. The first-order chi connectivity index (χ1) is 8.49. The number of anilines is 3. The van der Waals surface area contributed by atoms with E-state index < -0.39 is 0 Å². The van der Waals surface area contributed by atoms with Crippen molar-refractivity contribution in [3.8, 4) is 0 Å². The maximum Gasteiger partial charge on any atom is 0.226 e. The molecule has 100 valence electrons. The fourth-order valence-electron chi connectivity index (χ4n) is 1.77. The van der Waals surface area contributed by atoms with Crippen molar-refractivity contribution in [2.75, 3.05) is 29.0 Å². The molecule has 0 fully saturated rings. The minimum absolute atomic E-state index is 0.00462.